The molecule has 0 aliphatic rings. The third kappa shape index (κ3) is 3.03. The van der Waals surface area contributed by atoms with Crippen molar-refractivity contribution in [3.63, 3.8) is 0 Å². The number of nitrogens with zero attached hydrogens (tertiary/aromatic N) is 1. The molecule has 0 aliphatic carbocycles. The third-order valence-corrected chi connectivity index (χ3v) is 4.31. The van der Waals surface area contributed by atoms with Crippen molar-refractivity contribution >= 4 is 21.4 Å². The fourth-order valence-electron chi connectivity index (χ4n) is 1.78. The fourth-order valence-corrected chi connectivity index (χ4v) is 2.91. The van der Waals surface area contributed by atoms with Crippen LogP contribution in [-0.4, -0.2) is 13.3 Å². The second kappa shape index (κ2) is 5.68. The van der Waals surface area contributed by atoms with E-state index in [1.54, 1.807) is 0 Å². The molecular formula is C13H10F2N2O4S. The molecule has 22 heavy (non-hydrogen) atoms. The van der Waals surface area contributed by atoms with Crippen molar-refractivity contribution < 1.29 is 22.1 Å². The second-order valence-electron chi connectivity index (χ2n) is 4.39. The van der Waals surface area contributed by atoms with E-state index in [1.807, 2.05) is 0 Å². The summed E-state index contributed by atoms with van der Waals surface area (Å²) in [7, 11) is -4.20. The number of benzene rings is 2. The standard InChI is InChI=1S/C13H10F2N2O4S/c1-8-12(3-2-4-13(8)17(18)19)16-22(20,21)9-5-6-10(14)11(15)7-9/h2-7,16H,1H3. The molecule has 0 fully saturated rings. The number of anilines is 1. The quantitative estimate of drug-likeness (QED) is 0.690. The average Bonchev–Trinajstić information content (AvgIpc) is 2.43. The van der Waals surface area contributed by atoms with Gasteiger partial charge in [0.15, 0.2) is 11.6 Å². The Morgan fingerprint density at radius 3 is 2.41 bits per heavy atom. The van der Waals surface area contributed by atoms with Gasteiger partial charge < -0.3 is 0 Å². The van der Waals surface area contributed by atoms with Gasteiger partial charge >= 0.3 is 0 Å². The third-order valence-electron chi connectivity index (χ3n) is 2.95. The van der Waals surface area contributed by atoms with Gasteiger partial charge in [-0.25, -0.2) is 17.2 Å². The van der Waals surface area contributed by atoms with Gasteiger partial charge in [0.1, 0.15) is 0 Å². The van der Waals surface area contributed by atoms with Gasteiger partial charge in [-0.3, -0.25) is 14.8 Å². The van der Waals surface area contributed by atoms with E-state index in [0.29, 0.717) is 12.1 Å². The van der Waals surface area contributed by atoms with Gasteiger partial charge in [-0.15, -0.1) is 0 Å². The molecule has 2 aromatic rings. The summed E-state index contributed by atoms with van der Waals surface area (Å²) in [5.74, 6) is -2.48. The number of nitro benzene ring substituents is 1. The van der Waals surface area contributed by atoms with Gasteiger partial charge in [-0.2, -0.15) is 0 Å². The van der Waals surface area contributed by atoms with Crippen molar-refractivity contribution in [3.05, 3.63) is 63.7 Å². The molecule has 116 valence electrons. The van der Waals surface area contributed by atoms with Crippen molar-refractivity contribution in [3.8, 4) is 0 Å². The number of nitrogens with one attached hydrogen (secondary N) is 1. The average molecular weight is 328 g/mol. The van der Waals surface area contributed by atoms with E-state index in [2.05, 4.69) is 4.72 Å². The highest BCUT2D eigenvalue weighted by atomic mass is 32.2. The molecule has 0 saturated carbocycles. The van der Waals surface area contributed by atoms with Crippen LogP contribution in [0.1, 0.15) is 5.56 Å². The van der Waals surface area contributed by atoms with Crippen LogP contribution in [0.3, 0.4) is 0 Å². The molecule has 0 radical (unpaired) electrons. The normalized spacial score (nSPS) is 11.2. The largest absolute Gasteiger partial charge is 0.279 e. The summed E-state index contributed by atoms with van der Waals surface area (Å²) in [5.41, 5.74) is -0.164. The maximum absolute atomic E-state index is 13.1. The van der Waals surface area contributed by atoms with Gasteiger partial charge in [0.25, 0.3) is 15.7 Å². The lowest BCUT2D eigenvalue weighted by Gasteiger charge is -2.10. The molecule has 6 nitrogen and oxygen atoms in total. The van der Waals surface area contributed by atoms with Crippen molar-refractivity contribution in [2.24, 2.45) is 0 Å². The Labute approximate surface area is 124 Å². The first-order chi connectivity index (χ1) is 10.2. The number of hydrogen-bond donors (Lipinski definition) is 1. The summed E-state index contributed by atoms with van der Waals surface area (Å²) in [4.78, 5) is 9.69. The molecule has 0 aliphatic heterocycles. The summed E-state index contributed by atoms with van der Waals surface area (Å²) >= 11 is 0. The highest BCUT2D eigenvalue weighted by Gasteiger charge is 2.20. The van der Waals surface area contributed by atoms with Crippen molar-refractivity contribution in [2.45, 2.75) is 11.8 Å². The van der Waals surface area contributed by atoms with E-state index in [1.165, 1.54) is 25.1 Å². The monoisotopic (exact) mass is 328 g/mol. The highest BCUT2D eigenvalue weighted by Crippen LogP contribution is 2.27. The summed E-state index contributed by atoms with van der Waals surface area (Å²) in [5, 5.41) is 10.8. The van der Waals surface area contributed by atoms with E-state index in [4.69, 9.17) is 0 Å². The Bertz CT molecular complexity index is 853. The lowest BCUT2D eigenvalue weighted by molar-refractivity contribution is -0.385. The molecule has 1 N–H and O–H groups in total. The summed E-state index contributed by atoms with van der Waals surface area (Å²) in [6.07, 6.45) is 0. The fraction of sp³-hybridized carbons (Fsp3) is 0.0769. The molecule has 0 saturated heterocycles. The molecule has 0 amide bonds. The molecule has 0 heterocycles. The first-order valence-electron chi connectivity index (χ1n) is 5.94. The molecular weight excluding hydrogens is 318 g/mol. The van der Waals surface area contributed by atoms with Crippen LogP contribution in [0.2, 0.25) is 0 Å². The Kier molecular flexibility index (Phi) is 4.09. The smallest absolute Gasteiger partial charge is 0.274 e. The van der Waals surface area contributed by atoms with Gasteiger partial charge in [0.2, 0.25) is 0 Å². The molecule has 2 rings (SSSR count). The summed E-state index contributed by atoms with van der Waals surface area (Å²) < 4.78 is 52.4. The minimum absolute atomic E-state index is 0.0149. The molecule has 0 aromatic heterocycles. The van der Waals surface area contributed by atoms with Crippen LogP contribution in [0.15, 0.2) is 41.3 Å². The maximum atomic E-state index is 13.1. The van der Waals surface area contributed by atoms with E-state index in [-0.39, 0.29) is 16.9 Å². The van der Waals surface area contributed by atoms with Gasteiger partial charge in [-0.05, 0) is 31.2 Å². The number of nitro groups is 1. The van der Waals surface area contributed by atoms with Crippen LogP contribution in [0.5, 0.6) is 0 Å². The Balaban J connectivity index is 2.43. The predicted molar refractivity (Wildman–Crippen MR) is 75.0 cm³/mol. The lowest BCUT2D eigenvalue weighted by atomic mass is 10.2. The molecule has 2 aromatic carbocycles. The minimum Gasteiger partial charge on any atom is -0.279 e. The van der Waals surface area contributed by atoms with E-state index in [0.717, 1.165) is 6.07 Å². The Hall–Kier alpha value is -2.55. The Morgan fingerprint density at radius 1 is 1.14 bits per heavy atom. The molecule has 0 unspecified atom stereocenters. The summed E-state index contributed by atoms with van der Waals surface area (Å²) in [6, 6.07) is 5.99. The van der Waals surface area contributed by atoms with Gasteiger partial charge in [0, 0.05) is 6.07 Å². The second-order valence-corrected chi connectivity index (χ2v) is 6.07. The van der Waals surface area contributed by atoms with Crippen molar-refractivity contribution in [1.29, 1.82) is 0 Å². The Morgan fingerprint density at radius 2 is 1.82 bits per heavy atom. The van der Waals surface area contributed by atoms with Crippen LogP contribution < -0.4 is 4.72 Å². The number of hydrogen-bond acceptors (Lipinski definition) is 4. The van der Waals surface area contributed by atoms with Gasteiger partial charge in [-0.1, -0.05) is 6.07 Å². The van der Waals surface area contributed by atoms with E-state index < -0.39 is 31.5 Å². The van der Waals surface area contributed by atoms with E-state index >= 15 is 0 Å². The number of sulfonamides is 1. The van der Waals surface area contributed by atoms with Crippen LogP contribution in [0, 0.1) is 28.7 Å². The zero-order valence-electron chi connectivity index (χ0n) is 11.2. The van der Waals surface area contributed by atoms with Crippen LogP contribution in [0.25, 0.3) is 0 Å². The molecule has 0 spiro atoms. The van der Waals surface area contributed by atoms with Crippen LogP contribution >= 0.6 is 0 Å². The first kappa shape index (κ1) is 15.8. The number of halogens is 2. The molecule has 0 bridgehead atoms. The van der Waals surface area contributed by atoms with Crippen molar-refractivity contribution in [2.75, 3.05) is 4.72 Å². The molecule has 9 heteroatoms. The maximum Gasteiger partial charge on any atom is 0.274 e. The topological polar surface area (TPSA) is 89.3 Å². The first-order valence-corrected chi connectivity index (χ1v) is 7.42. The highest BCUT2D eigenvalue weighted by molar-refractivity contribution is 7.92. The zero-order valence-corrected chi connectivity index (χ0v) is 12.0. The van der Waals surface area contributed by atoms with Crippen LogP contribution in [0.4, 0.5) is 20.2 Å². The van der Waals surface area contributed by atoms with Crippen molar-refractivity contribution in [1.82, 2.24) is 0 Å². The minimum atomic E-state index is -4.20. The van der Waals surface area contributed by atoms with Gasteiger partial charge in [0.05, 0.1) is 21.1 Å². The molecule has 0 atom stereocenters. The SMILES string of the molecule is Cc1c(NS(=O)(=O)c2ccc(F)c(F)c2)cccc1[N+](=O)[O-]. The number of rotatable bonds is 4. The van der Waals surface area contributed by atoms with E-state index in [9.17, 15) is 27.3 Å². The van der Waals surface area contributed by atoms with Crippen LogP contribution in [-0.2, 0) is 10.0 Å². The zero-order chi connectivity index (χ0) is 16.5. The predicted octanol–water partition coefficient (Wildman–Crippen LogP) is 2.98. The summed E-state index contributed by atoms with van der Waals surface area (Å²) in [6.45, 7) is 1.38. The lowest BCUT2D eigenvalue weighted by Crippen LogP contribution is -2.14.